The van der Waals surface area contributed by atoms with E-state index >= 15 is 0 Å². The minimum Gasteiger partial charge on any atom is -0.490 e. The van der Waals surface area contributed by atoms with Crippen LogP contribution in [0.5, 0.6) is 5.75 Å². The summed E-state index contributed by atoms with van der Waals surface area (Å²) in [6.45, 7) is 3.18. The van der Waals surface area contributed by atoms with Crippen LogP contribution in [0.15, 0.2) is 46.9 Å². The molecule has 0 aliphatic carbocycles. The molecule has 1 saturated heterocycles. The van der Waals surface area contributed by atoms with Crippen LogP contribution in [-0.4, -0.2) is 25.1 Å². The molecule has 1 fully saturated rings. The fourth-order valence-corrected chi connectivity index (χ4v) is 2.43. The van der Waals surface area contributed by atoms with Gasteiger partial charge < -0.3 is 9.47 Å². The summed E-state index contributed by atoms with van der Waals surface area (Å²) in [5.41, 5.74) is 2.31. The highest BCUT2D eigenvalue weighted by Crippen LogP contribution is 2.27. The van der Waals surface area contributed by atoms with E-state index in [0.717, 1.165) is 16.6 Å². The summed E-state index contributed by atoms with van der Waals surface area (Å²) in [6.07, 6.45) is 0.158. The molecule has 21 heavy (non-hydrogen) atoms. The minimum atomic E-state index is -0.0297. The topological polar surface area (TPSA) is 38.8 Å². The van der Waals surface area contributed by atoms with Gasteiger partial charge in [0, 0.05) is 10.0 Å². The summed E-state index contributed by atoms with van der Waals surface area (Å²) in [4.78, 5) is 12.7. The second-order valence-electron chi connectivity index (χ2n) is 5.11. The molecule has 0 radical (unpaired) electrons. The fraction of sp³-hybridized carbons (Fsp3) is 0.235. The molecule has 1 aliphatic rings. The molecule has 3 rings (SSSR count). The summed E-state index contributed by atoms with van der Waals surface area (Å²) < 4.78 is 11.8. The summed E-state index contributed by atoms with van der Waals surface area (Å²) in [5, 5.41) is 0. The van der Waals surface area contributed by atoms with Crippen molar-refractivity contribution in [1.82, 2.24) is 0 Å². The Bertz CT molecular complexity index is 677. The van der Waals surface area contributed by atoms with Crippen LogP contribution >= 0.6 is 15.9 Å². The first-order valence-electron chi connectivity index (χ1n) is 6.79. The van der Waals surface area contributed by atoms with Gasteiger partial charge in [-0.15, -0.1) is 0 Å². The largest absolute Gasteiger partial charge is 0.490 e. The van der Waals surface area contributed by atoms with Gasteiger partial charge in [0.05, 0.1) is 12.2 Å². The zero-order valence-electron chi connectivity index (χ0n) is 11.6. The van der Waals surface area contributed by atoms with Crippen molar-refractivity contribution in [3.63, 3.8) is 0 Å². The van der Waals surface area contributed by atoms with Gasteiger partial charge in [0.2, 0.25) is 0 Å². The molecule has 1 heterocycles. The molecule has 2 aromatic carbocycles. The third-order valence-corrected chi connectivity index (χ3v) is 3.79. The third-order valence-electron chi connectivity index (χ3n) is 3.30. The quantitative estimate of drug-likeness (QED) is 0.611. The Balaban J connectivity index is 1.90. The molecule has 1 unspecified atom stereocenters. The summed E-state index contributed by atoms with van der Waals surface area (Å²) >= 11 is 3.41. The number of epoxide rings is 1. The number of ether oxygens (including phenoxy) is 2. The van der Waals surface area contributed by atoms with Crippen molar-refractivity contribution in [1.29, 1.82) is 0 Å². The summed E-state index contributed by atoms with van der Waals surface area (Å²) in [6, 6.07) is 13.0. The Hall–Kier alpha value is -1.65. The average molecular weight is 347 g/mol. The number of rotatable bonds is 5. The number of hydrogen-bond acceptors (Lipinski definition) is 3. The molecule has 0 saturated carbocycles. The van der Waals surface area contributed by atoms with Crippen LogP contribution in [0.2, 0.25) is 0 Å². The predicted octanol–water partition coefficient (Wildman–Crippen LogP) is 3.77. The van der Waals surface area contributed by atoms with Crippen molar-refractivity contribution in [3.8, 4) is 5.75 Å². The molecule has 0 spiro atoms. The molecule has 0 bridgehead atoms. The molecular weight excluding hydrogens is 332 g/mol. The van der Waals surface area contributed by atoms with Gasteiger partial charge in [-0.05, 0) is 31.2 Å². The zero-order valence-corrected chi connectivity index (χ0v) is 13.2. The van der Waals surface area contributed by atoms with Crippen molar-refractivity contribution in [3.05, 3.63) is 63.6 Å². The van der Waals surface area contributed by atoms with Crippen LogP contribution in [0.25, 0.3) is 0 Å². The van der Waals surface area contributed by atoms with Gasteiger partial charge in [-0.25, -0.2) is 0 Å². The maximum absolute atomic E-state index is 12.7. The summed E-state index contributed by atoms with van der Waals surface area (Å²) in [5.74, 6) is 0.560. The van der Waals surface area contributed by atoms with Crippen molar-refractivity contribution < 1.29 is 14.3 Å². The lowest BCUT2D eigenvalue weighted by Crippen LogP contribution is -2.09. The SMILES string of the molecule is Cc1cccc(C(=O)c2ccc(Br)cc2OCC2CO2)c1. The average Bonchev–Trinajstić information content (AvgIpc) is 3.29. The van der Waals surface area contributed by atoms with Gasteiger partial charge >= 0.3 is 0 Å². The van der Waals surface area contributed by atoms with Crippen molar-refractivity contribution in [2.45, 2.75) is 13.0 Å². The van der Waals surface area contributed by atoms with Gasteiger partial charge in [0.15, 0.2) is 5.78 Å². The molecule has 4 heteroatoms. The van der Waals surface area contributed by atoms with E-state index in [4.69, 9.17) is 9.47 Å². The monoisotopic (exact) mass is 346 g/mol. The number of halogens is 1. The van der Waals surface area contributed by atoms with Gasteiger partial charge in [0.1, 0.15) is 18.5 Å². The maximum atomic E-state index is 12.7. The van der Waals surface area contributed by atoms with Gasteiger partial charge in [0.25, 0.3) is 0 Å². The van der Waals surface area contributed by atoms with E-state index in [0.29, 0.717) is 23.5 Å². The Labute approximate surface area is 132 Å². The standard InChI is InChI=1S/C17H15BrO3/c1-11-3-2-4-12(7-11)17(19)15-6-5-13(18)8-16(15)21-10-14-9-20-14/h2-8,14H,9-10H2,1H3. The molecule has 1 atom stereocenters. The predicted molar refractivity (Wildman–Crippen MR) is 84.0 cm³/mol. The Morgan fingerprint density at radius 3 is 2.86 bits per heavy atom. The highest BCUT2D eigenvalue weighted by atomic mass is 79.9. The van der Waals surface area contributed by atoms with Crippen LogP contribution in [-0.2, 0) is 4.74 Å². The van der Waals surface area contributed by atoms with Crippen molar-refractivity contribution in [2.75, 3.05) is 13.2 Å². The Morgan fingerprint density at radius 2 is 2.14 bits per heavy atom. The van der Waals surface area contributed by atoms with Crippen LogP contribution in [0, 0.1) is 6.92 Å². The molecule has 2 aromatic rings. The van der Waals surface area contributed by atoms with E-state index in [-0.39, 0.29) is 11.9 Å². The van der Waals surface area contributed by atoms with Gasteiger partial charge in [-0.3, -0.25) is 4.79 Å². The first-order chi connectivity index (χ1) is 10.1. The molecule has 0 N–H and O–H groups in total. The molecular formula is C17H15BrO3. The normalized spacial score (nSPS) is 16.6. The summed E-state index contributed by atoms with van der Waals surface area (Å²) in [7, 11) is 0. The second kappa shape index (κ2) is 6.00. The highest BCUT2D eigenvalue weighted by molar-refractivity contribution is 9.10. The van der Waals surface area contributed by atoms with Crippen LogP contribution in [0.4, 0.5) is 0 Å². The van der Waals surface area contributed by atoms with Crippen LogP contribution in [0.3, 0.4) is 0 Å². The number of aryl methyl sites for hydroxylation is 1. The van der Waals surface area contributed by atoms with Crippen LogP contribution < -0.4 is 4.74 Å². The van der Waals surface area contributed by atoms with Gasteiger partial charge in [-0.2, -0.15) is 0 Å². The van der Waals surface area contributed by atoms with E-state index in [1.54, 1.807) is 6.07 Å². The number of carbonyl (C=O) groups excluding carboxylic acids is 1. The first kappa shape index (κ1) is 14.3. The molecule has 108 valence electrons. The molecule has 3 nitrogen and oxygen atoms in total. The number of hydrogen-bond donors (Lipinski definition) is 0. The third kappa shape index (κ3) is 3.52. The van der Waals surface area contributed by atoms with E-state index in [1.807, 2.05) is 43.3 Å². The molecule has 0 aromatic heterocycles. The zero-order chi connectivity index (χ0) is 14.8. The molecule has 0 amide bonds. The van der Waals surface area contributed by atoms with E-state index in [1.165, 1.54) is 0 Å². The fourth-order valence-electron chi connectivity index (χ4n) is 2.09. The first-order valence-corrected chi connectivity index (χ1v) is 7.58. The Kier molecular flexibility index (Phi) is 4.08. The van der Waals surface area contributed by atoms with Crippen molar-refractivity contribution in [2.24, 2.45) is 0 Å². The van der Waals surface area contributed by atoms with E-state index in [2.05, 4.69) is 15.9 Å². The number of ketones is 1. The van der Waals surface area contributed by atoms with E-state index < -0.39 is 0 Å². The lowest BCUT2D eigenvalue weighted by Gasteiger charge is -2.11. The van der Waals surface area contributed by atoms with Crippen LogP contribution in [0.1, 0.15) is 21.5 Å². The smallest absolute Gasteiger partial charge is 0.196 e. The number of carbonyl (C=O) groups is 1. The van der Waals surface area contributed by atoms with Gasteiger partial charge in [-0.1, -0.05) is 39.7 Å². The highest BCUT2D eigenvalue weighted by Gasteiger charge is 2.24. The van der Waals surface area contributed by atoms with Crippen molar-refractivity contribution >= 4 is 21.7 Å². The molecule has 1 aliphatic heterocycles. The Morgan fingerprint density at radius 1 is 1.33 bits per heavy atom. The lowest BCUT2D eigenvalue weighted by atomic mass is 10.0. The lowest BCUT2D eigenvalue weighted by molar-refractivity contribution is 0.103. The van der Waals surface area contributed by atoms with E-state index in [9.17, 15) is 4.79 Å². The minimum absolute atomic E-state index is 0.0297. The second-order valence-corrected chi connectivity index (χ2v) is 6.02. The maximum Gasteiger partial charge on any atom is 0.196 e. The number of benzene rings is 2.